The second kappa shape index (κ2) is 5.88. The van der Waals surface area contributed by atoms with Gasteiger partial charge in [0, 0.05) is 31.8 Å². The van der Waals surface area contributed by atoms with Gasteiger partial charge in [0.1, 0.15) is 10.5 Å². The van der Waals surface area contributed by atoms with Crippen LogP contribution in [0.4, 0.5) is 0 Å². The molecule has 5 nitrogen and oxygen atoms in total. The predicted molar refractivity (Wildman–Crippen MR) is 71.8 cm³/mol. The van der Waals surface area contributed by atoms with E-state index in [2.05, 4.69) is 15.1 Å². The van der Waals surface area contributed by atoms with Crippen molar-refractivity contribution in [3.63, 3.8) is 0 Å². The number of hydrogen-bond acceptors (Lipinski definition) is 4. The van der Waals surface area contributed by atoms with Crippen LogP contribution >= 0.6 is 12.2 Å². The molecule has 0 spiro atoms. The molecule has 0 saturated carbocycles. The second-order valence-corrected chi connectivity index (χ2v) is 4.35. The third-order valence-corrected chi connectivity index (χ3v) is 2.70. The number of aromatic amines is 1. The molecule has 2 aromatic rings. The SMILES string of the molecule is CCOCCc1nc(=S)cc(-c2cnn(C)c2)[nH]1. The van der Waals surface area contributed by atoms with Gasteiger partial charge in [0.15, 0.2) is 0 Å². The summed E-state index contributed by atoms with van der Waals surface area (Å²) in [6.45, 7) is 3.33. The number of hydrogen-bond donors (Lipinski definition) is 1. The van der Waals surface area contributed by atoms with E-state index in [-0.39, 0.29) is 0 Å². The lowest BCUT2D eigenvalue weighted by molar-refractivity contribution is 0.149. The molecule has 2 rings (SSSR count). The smallest absolute Gasteiger partial charge is 0.130 e. The van der Waals surface area contributed by atoms with E-state index in [1.54, 1.807) is 10.9 Å². The zero-order chi connectivity index (χ0) is 13.0. The number of nitrogens with zero attached hydrogens (tertiary/aromatic N) is 3. The van der Waals surface area contributed by atoms with Gasteiger partial charge in [-0.2, -0.15) is 5.10 Å². The molecule has 96 valence electrons. The molecule has 0 aliphatic rings. The summed E-state index contributed by atoms with van der Waals surface area (Å²) in [4.78, 5) is 7.55. The monoisotopic (exact) mass is 264 g/mol. The van der Waals surface area contributed by atoms with E-state index >= 15 is 0 Å². The summed E-state index contributed by atoms with van der Waals surface area (Å²) in [6, 6.07) is 1.84. The molecule has 0 saturated heterocycles. The van der Waals surface area contributed by atoms with Gasteiger partial charge in [-0.3, -0.25) is 4.68 Å². The summed E-state index contributed by atoms with van der Waals surface area (Å²) in [5, 5.41) is 4.15. The van der Waals surface area contributed by atoms with E-state index in [4.69, 9.17) is 17.0 Å². The fraction of sp³-hybridized carbons (Fsp3) is 0.417. The minimum absolute atomic E-state index is 0.583. The molecule has 2 aromatic heterocycles. The molecule has 2 heterocycles. The van der Waals surface area contributed by atoms with Crippen LogP contribution in [-0.2, 0) is 18.2 Å². The van der Waals surface area contributed by atoms with Crippen molar-refractivity contribution in [2.75, 3.05) is 13.2 Å². The van der Waals surface area contributed by atoms with Crippen LogP contribution in [0.5, 0.6) is 0 Å². The Balaban J connectivity index is 2.24. The highest BCUT2D eigenvalue weighted by Crippen LogP contribution is 2.15. The maximum atomic E-state index is 5.32. The number of H-pyrrole nitrogens is 1. The number of ether oxygens (including phenoxy) is 1. The quantitative estimate of drug-likeness (QED) is 0.664. The van der Waals surface area contributed by atoms with Crippen molar-refractivity contribution in [2.45, 2.75) is 13.3 Å². The van der Waals surface area contributed by atoms with Gasteiger partial charge in [0.25, 0.3) is 0 Å². The normalized spacial score (nSPS) is 10.8. The highest BCUT2D eigenvalue weighted by Gasteiger charge is 2.04. The summed E-state index contributed by atoms with van der Waals surface area (Å²) in [5.41, 5.74) is 1.94. The van der Waals surface area contributed by atoms with Gasteiger partial charge in [-0.1, -0.05) is 12.2 Å². The molecule has 18 heavy (non-hydrogen) atoms. The van der Waals surface area contributed by atoms with E-state index in [1.165, 1.54) is 0 Å². The van der Waals surface area contributed by atoms with Crippen LogP contribution in [0.15, 0.2) is 18.5 Å². The van der Waals surface area contributed by atoms with Crippen molar-refractivity contribution in [3.8, 4) is 11.3 Å². The standard InChI is InChI=1S/C12H16N4OS/c1-3-17-5-4-11-14-10(6-12(18)15-11)9-7-13-16(2)8-9/h6-8H,3-5H2,1-2H3,(H,14,15,18). The molecule has 0 atom stereocenters. The fourth-order valence-corrected chi connectivity index (χ4v) is 1.88. The molecule has 0 bridgehead atoms. The lowest BCUT2D eigenvalue weighted by atomic mass is 10.2. The Morgan fingerprint density at radius 2 is 2.33 bits per heavy atom. The van der Waals surface area contributed by atoms with E-state index < -0.39 is 0 Å². The molecule has 0 aliphatic carbocycles. The van der Waals surface area contributed by atoms with Gasteiger partial charge in [0.2, 0.25) is 0 Å². The first-order valence-corrected chi connectivity index (χ1v) is 6.27. The summed E-state index contributed by atoms with van der Waals surface area (Å²) in [7, 11) is 1.88. The van der Waals surface area contributed by atoms with Crippen molar-refractivity contribution in [2.24, 2.45) is 7.05 Å². The van der Waals surface area contributed by atoms with Crippen LogP contribution in [0.3, 0.4) is 0 Å². The van der Waals surface area contributed by atoms with Gasteiger partial charge >= 0.3 is 0 Å². The number of aryl methyl sites for hydroxylation is 1. The zero-order valence-electron chi connectivity index (χ0n) is 10.5. The average Bonchev–Trinajstić information content (AvgIpc) is 2.76. The highest BCUT2D eigenvalue weighted by atomic mass is 32.1. The lowest BCUT2D eigenvalue weighted by Crippen LogP contribution is -2.03. The van der Waals surface area contributed by atoms with Crippen molar-refractivity contribution in [3.05, 3.63) is 28.9 Å². The second-order valence-electron chi connectivity index (χ2n) is 3.93. The third kappa shape index (κ3) is 3.24. The third-order valence-electron chi connectivity index (χ3n) is 2.50. The van der Waals surface area contributed by atoms with Crippen molar-refractivity contribution in [1.29, 1.82) is 0 Å². The Bertz CT molecular complexity index is 575. The largest absolute Gasteiger partial charge is 0.381 e. The first-order chi connectivity index (χ1) is 8.69. The van der Waals surface area contributed by atoms with Crippen molar-refractivity contribution in [1.82, 2.24) is 19.7 Å². The first kappa shape index (κ1) is 12.9. The van der Waals surface area contributed by atoms with E-state index in [1.807, 2.05) is 26.2 Å². The maximum absolute atomic E-state index is 5.32. The first-order valence-electron chi connectivity index (χ1n) is 5.86. The van der Waals surface area contributed by atoms with E-state index in [0.717, 1.165) is 23.5 Å². The molecule has 0 aromatic carbocycles. The summed E-state index contributed by atoms with van der Waals surface area (Å²) >= 11 is 5.17. The Hall–Kier alpha value is -1.53. The summed E-state index contributed by atoms with van der Waals surface area (Å²) in [6.07, 6.45) is 4.46. The molecule has 0 radical (unpaired) electrons. The Kier molecular flexibility index (Phi) is 4.22. The van der Waals surface area contributed by atoms with Gasteiger partial charge in [-0.15, -0.1) is 0 Å². The van der Waals surface area contributed by atoms with Crippen LogP contribution in [0.25, 0.3) is 11.3 Å². The number of nitrogens with one attached hydrogen (secondary N) is 1. The topological polar surface area (TPSA) is 55.7 Å². The molecule has 1 N–H and O–H groups in total. The van der Waals surface area contributed by atoms with Gasteiger partial charge in [-0.05, 0) is 13.0 Å². The van der Waals surface area contributed by atoms with Crippen LogP contribution < -0.4 is 0 Å². The predicted octanol–water partition coefficient (Wildman–Crippen LogP) is 2.12. The van der Waals surface area contributed by atoms with Crippen LogP contribution in [0, 0.1) is 4.64 Å². The Labute approximate surface area is 111 Å². The number of aromatic nitrogens is 4. The molecule has 0 amide bonds. The number of rotatable bonds is 5. The maximum Gasteiger partial charge on any atom is 0.130 e. The van der Waals surface area contributed by atoms with E-state index in [0.29, 0.717) is 17.9 Å². The average molecular weight is 264 g/mol. The van der Waals surface area contributed by atoms with Gasteiger partial charge in [0.05, 0.1) is 18.5 Å². The summed E-state index contributed by atoms with van der Waals surface area (Å²) in [5.74, 6) is 0.842. The van der Waals surface area contributed by atoms with Crippen LogP contribution in [0.1, 0.15) is 12.7 Å². The fourth-order valence-electron chi connectivity index (χ4n) is 1.66. The van der Waals surface area contributed by atoms with Crippen molar-refractivity contribution >= 4 is 12.2 Å². The molecule has 0 unspecified atom stereocenters. The molecule has 6 heteroatoms. The zero-order valence-corrected chi connectivity index (χ0v) is 11.3. The molecule has 0 fully saturated rings. The molecular formula is C12H16N4OS. The molecule has 0 aliphatic heterocycles. The Morgan fingerprint density at radius 3 is 3.00 bits per heavy atom. The van der Waals surface area contributed by atoms with Gasteiger partial charge in [-0.25, -0.2) is 4.98 Å². The summed E-state index contributed by atoms with van der Waals surface area (Å²) < 4.78 is 7.66. The molecular weight excluding hydrogens is 248 g/mol. The highest BCUT2D eigenvalue weighted by molar-refractivity contribution is 7.71. The van der Waals surface area contributed by atoms with Crippen LogP contribution in [-0.4, -0.2) is 33.0 Å². The minimum Gasteiger partial charge on any atom is -0.381 e. The lowest BCUT2D eigenvalue weighted by Gasteiger charge is -2.04. The van der Waals surface area contributed by atoms with E-state index in [9.17, 15) is 0 Å². The van der Waals surface area contributed by atoms with Crippen molar-refractivity contribution < 1.29 is 4.74 Å². The Morgan fingerprint density at radius 1 is 1.50 bits per heavy atom. The van der Waals surface area contributed by atoms with Gasteiger partial charge < -0.3 is 9.72 Å². The minimum atomic E-state index is 0.583. The van der Waals surface area contributed by atoms with Crippen LogP contribution in [0.2, 0.25) is 0 Å².